The van der Waals surface area contributed by atoms with Gasteiger partial charge >= 0.3 is 0 Å². The van der Waals surface area contributed by atoms with Crippen molar-refractivity contribution in [2.45, 2.75) is 46.7 Å². The van der Waals surface area contributed by atoms with Gasteiger partial charge in [-0.15, -0.1) is 11.3 Å². The molecule has 1 heterocycles. The standard InChI is InChI=1S/C17H23NS/c1-12(2)16-7-5-15(6-8-16)10-18-11-17-9-13(3)14(4)19-17/h5-9,12,18H,10-11H2,1-4H3. The number of hydrogen-bond acceptors (Lipinski definition) is 2. The van der Waals surface area contributed by atoms with Crippen LogP contribution in [0.25, 0.3) is 0 Å². The number of benzene rings is 1. The zero-order valence-electron chi connectivity index (χ0n) is 12.3. The molecule has 0 radical (unpaired) electrons. The summed E-state index contributed by atoms with van der Waals surface area (Å²) in [6.07, 6.45) is 0. The third-order valence-corrected chi connectivity index (χ3v) is 4.64. The Bertz CT molecular complexity index is 503. The van der Waals surface area contributed by atoms with Gasteiger partial charge in [-0.1, -0.05) is 38.1 Å². The minimum atomic E-state index is 0.610. The van der Waals surface area contributed by atoms with Gasteiger partial charge in [0.25, 0.3) is 0 Å². The molecule has 0 bridgehead atoms. The van der Waals surface area contributed by atoms with Crippen molar-refractivity contribution in [2.24, 2.45) is 0 Å². The van der Waals surface area contributed by atoms with E-state index in [1.807, 2.05) is 11.3 Å². The predicted molar refractivity (Wildman–Crippen MR) is 84.9 cm³/mol. The van der Waals surface area contributed by atoms with Crippen molar-refractivity contribution in [3.8, 4) is 0 Å². The average Bonchev–Trinajstić information content (AvgIpc) is 2.69. The summed E-state index contributed by atoms with van der Waals surface area (Å²) in [6, 6.07) is 11.2. The van der Waals surface area contributed by atoms with Crippen LogP contribution in [0.1, 0.15) is 46.2 Å². The van der Waals surface area contributed by atoms with Gasteiger partial charge in [0.15, 0.2) is 0 Å². The van der Waals surface area contributed by atoms with Gasteiger partial charge in [-0.25, -0.2) is 0 Å². The largest absolute Gasteiger partial charge is 0.308 e. The SMILES string of the molecule is Cc1cc(CNCc2ccc(C(C)C)cc2)sc1C. The molecule has 0 aliphatic heterocycles. The van der Waals surface area contributed by atoms with Crippen LogP contribution >= 0.6 is 11.3 Å². The smallest absolute Gasteiger partial charge is 0.0303 e. The highest BCUT2D eigenvalue weighted by molar-refractivity contribution is 7.12. The first-order valence-corrected chi connectivity index (χ1v) is 7.73. The molecule has 0 fully saturated rings. The molecular formula is C17H23NS. The molecule has 2 heteroatoms. The van der Waals surface area contributed by atoms with Crippen molar-refractivity contribution in [3.63, 3.8) is 0 Å². The van der Waals surface area contributed by atoms with Gasteiger partial charge in [0, 0.05) is 22.8 Å². The number of hydrogen-bond donors (Lipinski definition) is 1. The van der Waals surface area contributed by atoms with E-state index in [4.69, 9.17) is 0 Å². The molecule has 2 rings (SSSR count). The second-order valence-electron chi connectivity index (χ2n) is 5.45. The topological polar surface area (TPSA) is 12.0 Å². The lowest BCUT2D eigenvalue weighted by Gasteiger charge is -2.07. The molecule has 1 N–H and O–H groups in total. The van der Waals surface area contributed by atoms with Crippen molar-refractivity contribution < 1.29 is 0 Å². The van der Waals surface area contributed by atoms with Crippen LogP contribution in [0.5, 0.6) is 0 Å². The Hall–Kier alpha value is -1.12. The molecule has 2 aromatic rings. The first-order valence-electron chi connectivity index (χ1n) is 6.91. The van der Waals surface area contributed by atoms with Crippen LogP contribution in [-0.4, -0.2) is 0 Å². The van der Waals surface area contributed by atoms with Gasteiger partial charge < -0.3 is 5.32 Å². The molecule has 0 saturated carbocycles. The molecule has 0 atom stereocenters. The van der Waals surface area contributed by atoms with Gasteiger partial charge in [-0.3, -0.25) is 0 Å². The van der Waals surface area contributed by atoms with Gasteiger partial charge in [-0.05, 0) is 42.5 Å². The zero-order valence-corrected chi connectivity index (χ0v) is 13.1. The Morgan fingerprint density at radius 3 is 2.26 bits per heavy atom. The summed E-state index contributed by atoms with van der Waals surface area (Å²) >= 11 is 1.89. The van der Waals surface area contributed by atoms with Crippen molar-refractivity contribution in [3.05, 3.63) is 56.8 Å². The molecule has 0 spiro atoms. The molecule has 19 heavy (non-hydrogen) atoms. The third kappa shape index (κ3) is 3.92. The minimum absolute atomic E-state index is 0.610. The van der Waals surface area contributed by atoms with Gasteiger partial charge in [0.05, 0.1) is 0 Å². The lowest BCUT2D eigenvalue weighted by atomic mass is 10.0. The van der Waals surface area contributed by atoms with Gasteiger partial charge in [0.1, 0.15) is 0 Å². The van der Waals surface area contributed by atoms with Crippen molar-refractivity contribution >= 4 is 11.3 Å². The van der Waals surface area contributed by atoms with Crippen LogP contribution in [0.3, 0.4) is 0 Å². The summed E-state index contributed by atoms with van der Waals surface area (Å²) in [4.78, 5) is 2.85. The summed E-state index contributed by atoms with van der Waals surface area (Å²) in [6.45, 7) is 10.7. The molecule has 1 aromatic heterocycles. The molecule has 1 aromatic carbocycles. The Labute approximate surface area is 120 Å². The van der Waals surface area contributed by atoms with E-state index in [-0.39, 0.29) is 0 Å². The number of nitrogens with one attached hydrogen (secondary N) is 1. The van der Waals surface area contributed by atoms with Crippen molar-refractivity contribution in [1.29, 1.82) is 0 Å². The number of rotatable bonds is 5. The first-order chi connectivity index (χ1) is 9.06. The van der Waals surface area contributed by atoms with Crippen LogP contribution in [0.4, 0.5) is 0 Å². The van der Waals surface area contributed by atoms with E-state index in [0.29, 0.717) is 5.92 Å². The highest BCUT2D eigenvalue weighted by atomic mass is 32.1. The lowest BCUT2D eigenvalue weighted by Crippen LogP contribution is -2.11. The maximum Gasteiger partial charge on any atom is 0.0303 e. The monoisotopic (exact) mass is 273 g/mol. The van der Waals surface area contributed by atoms with Crippen LogP contribution in [0, 0.1) is 13.8 Å². The summed E-state index contributed by atoms with van der Waals surface area (Å²) in [7, 11) is 0. The van der Waals surface area contributed by atoms with E-state index < -0.39 is 0 Å². The molecule has 0 saturated heterocycles. The molecular weight excluding hydrogens is 250 g/mol. The summed E-state index contributed by atoms with van der Waals surface area (Å²) < 4.78 is 0. The fourth-order valence-corrected chi connectivity index (χ4v) is 3.11. The third-order valence-electron chi connectivity index (χ3n) is 3.49. The van der Waals surface area contributed by atoms with E-state index in [1.54, 1.807) is 0 Å². The number of thiophene rings is 1. The Balaban J connectivity index is 1.85. The minimum Gasteiger partial charge on any atom is -0.308 e. The molecule has 0 unspecified atom stereocenters. The predicted octanol–water partition coefficient (Wildman–Crippen LogP) is 4.78. The van der Waals surface area contributed by atoms with Gasteiger partial charge in [-0.2, -0.15) is 0 Å². The fourth-order valence-electron chi connectivity index (χ4n) is 2.09. The number of aryl methyl sites for hydroxylation is 2. The zero-order chi connectivity index (χ0) is 13.8. The second kappa shape index (κ2) is 6.36. The Morgan fingerprint density at radius 1 is 1.05 bits per heavy atom. The molecule has 1 nitrogen and oxygen atoms in total. The quantitative estimate of drug-likeness (QED) is 0.827. The average molecular weight is 273 g/mol. The second-order valence-corrected chi connectivity index (χ2v) is 6.79. The molecule has 0 amide bonds. The molecule has 0 aliphatic carbocycles. The highest BCUT2D eigenvalue weighted by Crippen LogP contribution is 2.20. The van der Waals surface area contributed by atoms with Crippen LogP contribution < -0.4 is 5.32 Å². The van der Waals surface area contributed by atoms with Crippen LogP contribution in [0.15, 0.2) is 30.3 Å². The van der Waals surface area contributed by atoms with E-state index in [9.17, 15) is 0 Å². The van der Waals surface area contributed by atoms with Crippen LogP contribution in [-0.2, 0) is 13.1 Å². The summed E-state index contributed by atoms with van der Waals surface area (Å²) in [5.41, 5.74) is 4.17. The first kappa shape index (κ1) is 14.3. The Kier molecular flexibility index (Phi) is 4.78. The van der Waals surface area contributed by atoms with E-state index >= 15 is 0 Å². The van der Waals surface area contributed by atoms with Gasteiger partial charge in [0.2, 0.25) is 0 Å². The maximum absolute atomic E-state index is 3.52. The van der Waals surface area contributed by atoms with Crippen molar-refractivity contribution in [2.75, 3.05) is 0 Å². The summed E-state index contributed by atoms with van der Waals surface area (Å²) in [5.74, 6) is 0.610. The van der Waals surface area contributed by atoms with E-state index in [0.717, 1.165) is 13.1 Å². The molecule has 0 aliphatic rings. The summed E-state index contributed by atoms with van der Waals surface area (Å²) in [5, 5.41) is 3.52. The Morgan fingerprint density at radius 2 is 1.74 bits per heavy atom. The fraction of sp³-hybridized carbons (Fsp3) is 0.412. The normalized spacial score (nSPS) is 11.2. The highest BCUT2D eigenvalue weighted by Gasteiger charge is 2.02. The van der Waals surface area contributed by atoms with E-state index in [2.05, 4.69) is 63.3 Å². The lowest BCUT2D eigenvalue weighted by molar-refractivity contribution is 0.700. The van der Waals surface area contributed by atoms with Crippen LogP contribution in [0.2, 0.25) is 0 Å². The van der Waals surface area contributed by atoms with E-state index in [1.165, 1.54) is 26.4 Å². The maximum atomic E-state index is 3.52. The molecule has 102 valence electrons. The van der Waals surface area contributed by atoms with Crippen molar-refractivity contribution in [1.82, 2.24) is 5.32 Å².